The zero-order valence-electron chi connectivity index (χ0n) is 13.2. The van der Waals surface area contributed by atoms with E-state index in [0.717, 1.165) is 42.5 Å². The normalized spacial score (nSPS) is 17.2. The third-order valence-corrected chi connectivity index (χ3v) is 4.60. The molecule has 0 bridgehead atoms. The predicted octanol–water partition coefficient (Wildman–Crippen LogP) is 2.50. The van der Waals surface area contributed by atoms with Crippen molar-refractivity contribution in [2.24, 2.45) is 5.92 Å². The van der Waals surface area contributed by atoms with Crippen molar-refractivity contribution in [3.63, 3.8) is 0 Å². The molecule has 1 N–H and O–H groups in total. The summed E-state index contributed by atoms with van der Waals surface area (Å²) in [6, 6.07) is 4.01. The summed E-state index contributed by atoms with van der Waals surface area (Å²) in [4.78, 5) is 18.2. The first-order valence-corrected chi connectivity index (χ1v) is 7.94. The molecule has 0 aromatic carbocycles. The van der Waals surface area contributed by atoms with Gasteiger partial charge in [0.15, 0.2) is 0 Å². The third kappa shape index (κ3) is 2.99. The van der Waals surface area contributed by atoms with Crippen molar-refractivity contribution < 1.29 is 9.90 Å². The lowest BCUT2D eigenvalue weighted by Gasteiger charge is -2.30. The minimum Gasteiger partial charge on any atom is -0.481 e. The monoisotopic (exact) mass is 301 g/mol. The lowest BCUT2D eigenvalue weighted by Crippen LogP contribution is -2.33. The quantitative estimate of drug-likeness (QED) is 0.942. The molecule has 0 aliphatic carbocycles. The largest absolute Gasteiger partial charge is 0.481 e. The van der Waals surface area contributed by atoms with Crippen LogP contribution in [0, 0.1) is 12.8 Å². The van der Waals surface area contributed by atoms with E-state index in [1.807, 2.05) is 25.3 Å². The second-order valence-corrected chi connectivity index (χ2v) is 6.42. The Hall–Kier alpha value is -1.88. The molecule has 0 amide bonds. The summed E-state index contributed by atoms with van der Waals surface area (Å²) in [6.07, 6.45) is 4.40. The van der Waals surface area contributed by atoms with E-state index < -0.39 is 5.97 Å². The molecule has 2 aromatic rings. The average Bonchev–Trinajstić information content (AvgIpc) is 2.80. The molecule has 0 spiro atoms. The molecule has 3 rings (SSSR count). The highest BCUT2D eigenvalue weighted by molar-refractivity contribution is 5.70. The summed E-state index contributed by atoms with van der Waals surface area (Å²) >= 11 is 0. The molecule has 0 radical (unpaired) electrons. The predicted molar refractivity (Wildman–Crippen MR) is 84.9 cm³/mol. The van der Waals surface area contributed by atoms with Gasteiger partial charge in [-0.2, -0.15) is 0 Å². The topological polar surface area (TPSA) is 57.8 Å². The number of carbonyl (C=O) groups is 1. The van der Waals surface area contributed by atoms with E-state index in [1.54, 1.807) is 0 Å². The molecular formula is C17H23N3O2. The van der Waals surface area contributed by atoms with Gasteiger partial charge in [0, 0.05) is 12.7 Å². The Labute approximate surface area is 130 Å². The van der Waals surface area contributed by atoms with Crippen LogP contribution in [0.1, 0.15) is 36.7 Å². The summed E-state index contributed by atoms with van der Waals surface area (Å²) < 4.78 is 2.06. The van der Waals surface area contributed by atoms with Crippen LogP contribution >= 0.6 is 0 Å². The van der Waals surface area contributed by atoms with Crippen molar-refractivity contribution in [3.05, 3.63) is 35.3 Å². The molecule has 1 aliphatic heterocycles. The number of carboxylic acid groups (broad SMARTS) is 1. The zero-order chi connectivity index (χ0) is 15.7. The van der Waals surface area contributed by atoms with E-state index in [0.29, 0.717) is 5.69 Å². The van der Waals surface area contributed by atoms with Gasteiger partial charge >= 0.3 is 5.97 Å². The van der Waals surface area contributed by atoms with E-state index in [2.05, 4.69) is 21.2 Å². The minimum absolute atomic E-state index is 0.0132. The second kappa shape index (κ2) is 6.08. The molecule has 118 valence electrons. The molecule has 1 saturated heterocycles. The highest BCUT2D eigenvalue weighted by Crippen LogP contribution is 2.22. The fourth-order valence-electron chi connectivity index (χ4n) is 3.18. The van der Waals surface area contributed by atoms with Gasteiger partial charge < -0.3 is 9.51 Å². The van der Waals surface area contributed by atoms with Crippen LogP contribution in [-0.2, 0) is 17.8 Å². The van der Waals surface area contributed by atoms with Gasteiger partial charge in [-0.1, -0.05) is 13.0 Å². The first-order valence-electron chi connectivity index (χ1n) is 7.94. The number of piperidine rings is 1. The van der Waals surface area contributed by atoms with E-state index >= 15 is 0 Å². The fourth-order valence-corrected chi connectivity index (χ4v) is 3.18. The lowest BCUT2D eigenvalue weighted by molar-refractivity contribution is -0.136. The lowest BCUT2D eigenvalue weighted by atomic mass is 9.99. The maximum absolute atomic E-state index is 11.2. The molecule has 0 unspecified atom stereocenters. The number of pyridine rings is 1. The van der Waals surface area contributed by atoms with Gasteiger partial charge in [0.2, 0.25) is 0 Å². The van der Waals surface area contributed by atoms with Crippen LogP contribution in [0.25, 0.3) is 5.65 Å². The number of likely N-dealkylation sites (tertiary alicyclic amines) is 1. The maximum atomic E-state index is 11.2. The van der Waals surface area contributed by atoms with Crippen molar-refractivity contribution >= 4 is 11.6 Å². The molecule has 0 saturated carbocycles. The third-order valence-electron chi connectivity index (χ3n) is 4.60. The van der Waals surface area contributed by atoms with Gasteiger partial charge in [-0.3, -0.25) is 9.69 Å². The van der Waals surface area contributed by atoms with Crippen LogP contribution in [0.5, 0.6) is 0 Å². The smallest absolute Gasteiger partial charge is 0.309 e. The number of carboxylic acids is 1. The van der Waals surface area contributed by atoms with Gasteiger partial charge in [-0.05, 0) is 50.4 Å². The number of nitrogens with zero attached hydrogens (tertiary/aromatic N) is 3. The molecule has 1 aliphatic rings. The molecule has 2 aromatic heterocycles. The van der Waals surface area contributed by atoms with Gasteiger partial charge in [-0.25, -0.2) is 4.98 Å². The summed E-state index contributed by atoms with van der Waals surface area (Å²) in [5.41, 5.74) is 3.67. The highest BCUT2D eigenvalue weighted by atomic mass is 16.4. The number of aryl methyl sites for hydroxylation is 1. The van der Waals surface area contributed by atoms with Crippen molar-refractivity contribution in [2.45, 2.75) is 39.7 Å². The number of imidazole rings is 1. The molecule has 5 nitrogen and oxygen atoms in total. The molecule has 0 atom stereocenters. The number of rotatable bonds is 4. The SMILES string of the molecule is Cc1cccn2c(CN3CCC(C)CC3)c(CC(=O)O)nc12. The number of hydrogen-bond acceptors (Lipinski definition) is 3. The Kier molecular flexibility index (Phi) is 4.16. The van der Waals surface area contributed by atoms with Gasteiger partial charge in [0.05, 0.1) is 17.8 Å². The van der Waals surface area contributed by atoms with Crippen molar-refractivity contribution in [2.75, 3.05) is 13.1 Å². The Morgan fingerprint density at radius 3 is 2.82 bits per heavy atom. The van der Waals surface area contributed by atoms with Crippen LogP contribution in [0.2, 0.25) is 0 Å². The Bertz CT molecular complexity index is 685. The summed E-state index contributed by atoms with van der Waals surface area (Å²) in [6.45, 7) is 7.24. The van der Waals surface area contributed by atoms with E-state index in [1.165, 1.54) is 12.8 Å². The van der Waals surface area contributed by atoms with Gasteiger partial charge in [0.1, 0.15) is 5.65 Å². The molecule has 5 heteroatoms. The van der Waals surface area contributed by atoms with Crippen LogP contribution in [0.3, 0.4) is 0 Å². The average molecular weight is 301 g/mol. The van der Waals surface area contributed by atoms with E-state index in [4.69, 9.17) is 5.11 Å². The van der Waals surface area contributed by atoms with Crippen molar-refractivity contribution in [3.8, 4) is 0 Å². The Morgan fingerprint density at radius 2 is 2.14 bits per heavy atom. The number of hydrogen-bond donors (Lipinski definition) is 1. The number of aromatic nitrogens is 2. The zero-order valence-corrected chi connectivity index (χ0v) is 13.2. The minimum atomic E-state index is -0.824. The summed E-state index contributed by atoms with van der Waals surface area (Å²) in [5, 5.41) is 9.16. The second-order valence-electron chi connectivity index (χ2n) is 6.42. The first kappa shape index (κ1) is 15.0. The standard InChI is InChI=1S/C17H23N3O2/c1-12-5-8-19(9-6-12)11-15-14(10-16(21)22)18-17-13(2)4-3-7-20(15)17/h3-4,7,12H,5-6,8-11H2,1-2H3,(H,21,22). The van der Waals surface area contributed by atoms with Crippen molar-refractivity contribution in [1.29, 1.82) is 0 Å². The van der Waals surface area contributed by atoms with Gasteiger partial charge in [0.25, 0.3) is 0 Å². The Morgan fingerprint density at radius 1 is 1.41 bits per heavy atom. The van der Waals surface area contributed by atoms with Crippen LogP contribution in [-0.4, -0.2) is 38.4 Å². The van der Waals surface area contributed by atoms with Crippen LogP contribution in [0.4, 0.5) is 0 Å². The molecule has 1 fully saturated rings. The van der Waals surface area contributed by atoms with Crippen molar-refractivity contribution in [1.82, 2.24) is 14.3 Å². The summed E-state index contributed by atoms with van der Waals surface area (Å²) in [5.74, 6) is -0.0336. The molecule has 22 heavy (non-hydrogen) atoms. The molecular weight excluding hydrogens is 278 g/mol. The summed E-state index contributed by atoms with van der Waals surface area (Å²) in [7, 11) is 0. The first-order chi connectivity index (χ1) is 10.5. The fraction of sp³-hybridized carbons (Fsp3) is 0.529. The Balaban J connectivity index is 1.95. The van der Waals surface area contributed by atoms with Crippen LogP contribution < -0.4 is 0 Å². The number of fused-ring (bicyclic) bond motifs is 1. The van der Waals surface area contributed by atoms with E-state index in [9.17, 15) is 4.79 Å². The number of aliphatic carboxylic acids is 1. The van der Waals surface area contributed by atoms with Gasteiger partial charge in [-0.15, -0.1) is 0 Å². The highest BCUT2D eigenvalue weighted by Gasteiger charge is 2.21. The van der Waals surface area contributed by atoms with E-state index in [-0.39, 0.29) is 6.42 Å². The maximum Gasteiger partial charge on any atom is 0.309 e. The van der Waals surface area contributed by atoms with Crippen LogP contribution in [0.15, 0.2) is 18.3 Å². The molecule has 3 heterocycles.